The van der Waals surface area contributed by atoms with Crippen molar-refractivity contribution in [2.45, 2.75) is 45.4 Å². The Morgan fingerprint density at radius 3 is 2.74 bits per heavy atom. The van der Waals surface area contributed by atoms with E-state index in [1.165, 1.54) is 64.7 Å². The zero-order valence-corrected chi connectivity index (χ0v) is 12.9. The van der Waals surface area contributed by atoms with Crippen LogP contribution in [0.15, 0.2) is 0 Å². The molecule has 1 heterocycles. The highest BCUT2D eigenvalue weighted by Crippen LogP contribution is 2.40. The lowest BCUT2D eigenvalue weighted by Gasteiger charge is -2.43. The molecule has 0 spiro atoms. The van der Waals surface area contributed by atoms with Crippen LogP contribution in [0.2, 0.25) is 0 Å². The third-order valence-corrected chi connectivity index (χ3v) is 4.93. The predicted molar refractivity (Wildman–Crippen MR) is 80.5 cm³/mol. The SMILES string of the molecule is COCCNCC1(CN2CCCC2)CCCC(C)C1. The molecule has 0 radical (unpaired) electrons. The molecule has 2 atom stereocenters. The Balaban J connectivity index is 1.87. The molecule has 3 nitrogen and oxygen atoms in total. The molecule has 2 rings (SSSR count). The number of likely N-dealkylation sites (tertiary alicyclic amines) is 1. The number of hydrogen-bond acceptors (Lipinski definition) is 3. The van der Waals surface area contributed by atoms with Crippen molar-refractivity contribution < 1.29 is 4.74 Å². The molecule has 1 saturated carbocycles. The van der Waals surface area contributed by atoms with E-state index in [2.05, 4.69) is 17.1 Å². The minimum Gasteiger partial charge on any atom is -0.383 e. The van der Waals surface area contributed by atoms with Crippen LogP contribution in [-0.2, 0) is 4.74 Å². The molecule has 0 aromatic carbocycles. The number of methoxy groups -OCH3 is 1. The molecule has 3 heteroatoms. The van der Waals surface area contributed by atoms with E-state index >= 15 is 0 Å². The standard InChI is InChI=1S/C16H32N2O/c1-15-6-5-7-16(12-15,13-17-8-11-19-2)14-18-9-3-4-10-18/h15,17H,3-14H2,1-2H3. The van der Waals surface area contributed by atoms with E-state index in [1.807, 2.05) is 0 Å². The van der Waals surface area contributed by atoms with Gasteiger partial charge < -0.3 is 15.0 Å². The van der Waals surface area contributed by atoms with Gasteiger partial charge in [0, 0.05) is 26.7 Å². The molecule has 1 N–H and O–H groups in total. The van der Waals surface area contributed by atoms with Crippen LogP contribution in [0.5, 0.6) is 0 Å². The fourth-order valence-corrected chi connectivity index (χ4v) is 4.07. The summed E-state index contributed by atoms with van der Waals surface area (Å²) in [5, 5.41) is 3.64. The second-order valence-electron chi connectivity index (χ2n) is 6.85. The van der Waals surface area contributed by atoms with Crippen molar-refractivity contribution in [1.29, 1.82) is 0 Å². The Bertz CT molecular complexity index is 253. The molecule has 19 heavy (non-hydrogen) atoms. The molecule has 1 aliphatic heterocycles. The molecule has 0 aromatic heterocycles. The number of hydrogen-bond donors (Lipinski definition) is 1. The molecular weight excluding hydrogens is 236 g/mol. The van der Waals surface area contributed by atoms with Crippen molar-refractivity contribution in [2.24, 2.45) is 11.3 Å². The molecule has 2 aliphatic rings. The van der Waals surface area contributed by atoms with E-state index in [0.29, 0.717) is 5.41 Å². The Labute approximate surface area is 119 Å². The fraction of sp³-hybridized carbons (Fsp3) is 1.00. The predicted octanol–water partition coefficient (Wildman–Crippen LogP) is 2.51. The summed E-state index contributed by atoms with van der Waals surface area (Å²) in [4.78, 5) is 2.70. The first-order chi connectivity index (χ1) is 9.24. The second kappa shape index (κ2) is 7.61. The molecule has 0 amide bonds. The van der Waals surface area contributed by atoms with Gasteiger partial charge in [0.1, 0.15) is 0 Å². The van der Waals surface area contributed by atoms with Gasteiger partial charge in [0.25, 0.3) is 0 Å². The summed E-state index contributed by atoms with van der Waals surface area (Å²) in [6, 6.07) is 0. The maximum absolute atomic E-state index is 5.15. The Morgan fingerprint density at radius 1 is 1.26 bits per heavy atom. The van der Waals surface area contributed by atoms with E-state index in [1.54, 1.807) is 7.11 Å². The highest BCUT2D eigenvalue weighted by molar-refractivity contribution is 4.90. The highest BCUT2D eigenvalue weighted by Gasteiger charge is 2.36. The molecule has 2 unspecified atom stereocenters. The van der Waals surface area contributed by atoms with Crippen LogP contribution >= 0.6 is 0 Å². The minimum absolute atomic E-state index is 0.524. The van der Waals surface area contributed by atoms with Gasteiger partial charge in [-0.25, -0.2) is 0 Å². The van der Waals surface area contributed by atoms with E-state index in [0.717, 1.165) is 19.1 Å². The summed E-state index contributed by atoms with van der Waals surface area (Å²) in [6.07, 6.45) is 8.48. The topological polar surface area (TPSA) is 24.5 Å². The van der Waals surface area contributed by atoms with Gasteiger partial charge >= 0.3 is 0 Å². The number of nitrogens with zero attached hydrogens (tertiary/aromatic N) is 1. The first kappa shape index (κ1) is 15.3. The van der Waals surface area contributed by atoms with Crippen molar-refractivity contribution in [3.63, 3.8) is 0 Å². The quantitative estimate of drug-likeness (QED) is 0.718. The van der Waals surface area contributed by atoms with Crippen molar-refractivity contribution in [3.8, 4) is 0 Å². The minimum atomic E-state index is 0.524. The lowest BCUT2D eigenvalue weighted by Crippen LogP contribution is -2.46. The van der Waals surface area contributed by atoms with Crippen LogP contribution in [0.25, 0.3) is 0 Å². The van der Waals surface area contributed by atoms with Gasteiger partial charge in [0.15, 0.2) is 0 Å². The molecule has 0 aromatic rings. The zero-order chi connectivity index (χ0) is 13.6. The largest absolute Gasteiger partial charge is 0.383 e. The van der Waals surface area contributed by atoms with E-state index in [4.69, 9.17) is 4.74 Å². The van der Waals surface area contributed by atoms with Crippen LogP contribution in [0.3, 0.4) is 0 Å². The van der Waals surface area contributed by atoms with Crippen LogP contribution in [0.4, 0.5) is 0 Å². The van der Waals surface area contributed by atoms with Crippen LogP contribution in [0, 0.1) is 11.3 Å². The van der Waals surface area contributed by atoms with E-state index in [-0.39, 0.29) is 0 Å². The molecule has 1 aliphatic carbocycles. The molecule has 1 saturated heterocycles. The average molecular weight is 268 g/mol. The highest BCUT2D eigenvalue weighted by atomic mass is 16.5. The third kappa shape index (κ3) is 4.73. The van der Waals surface area contributed by atoms with Crippen molar-refractivity contribution in [3.05, 3.63) is 0 Å². The van der Waals surface area contributed by atoms with Gasteiger partial charge in [-0.05, 0) is 50.1 Å². The summed E-state index contributed by atoms with van der Waals surface area (Å²) in [7, 11) is 1.78. The van der Waals surface area contributed by atoms with Gasteiger partial charge in [0.2, 0.25) is 0 Å². The van der Waals surface area contributed by atoms with Crippen LogP contribution < -0.4 is 5.32 Å². The average Bonchev–Trinajstić information content (AvgIpc) is 2.87. The smallest absolute Gasteiger partial charge is 0.0587 e. The Morgan fingerprint density at radius 2 is 2.05 bits per heavy atom. The summed E-state index contributed by atoms with van der Waals surface area (Å²) >= 11 is 0. The first-order valence-electron chi connectivity index (χ1n) is 8.16. The Hall–Kier alpha value is -0.120. The lowest BCUT2D eigenvalue weighted by atomic mass is 9.69. The van der Waals surface area contributed by atoms with Gasteiger partial charge in [0.05, 0.1) is 6.61 Å². The fourth-order valence-electron chi connectivity index (χ4n) is 4.07. The maximum Gasteiger partial charge on any atom is 0.0587 e. The lowest BCUT2D eigenvalue weighted by molar-refractivity contribution is 0.0882. The molecular formula is C16H32N2O. The van der Waals surface area contributed by atoms with Gasteiger partial charge in [-0.1, -0.05) is 19.8 Å². The summed E-state index contributed by atoms with van der Waals surface area (Å²) in [5.41, 5.74) is 0.524. The first-order valence-corrected chi connectivity index (χ1v) is 8.16. The van der Waals surface area contributed by atoms with E-state index < -0.39 is 0 Å². The van der Waals surface area contributed by atoms with Crippen molar-refractivity contribution >= 4 is 0 Å². The van der Waals surface area contributed by atoms with Crippen LogP contribution in [0.1, 0.15) is 45.4 Å². The summed E-state index contributed by atoms with van der Waals surface area (Å²) in [6.45, 7) is 9.41. The summed E-state index contributed by atoms with van der Waals surface area (Å²) in [5.74, 6) is 0.903. The zero-order valence-electron chi connectivity index (χ0n) is 12.9. The molecule has 112 valence electrons. The monoisotopic (exact) mass is 268 g/mol. The molecule has 0 bridgehead atoms. The number of rotatable bonds is 7. The number of nitrogens with one attached hydrogen (secondary N) is 1. The maximum atomic E-state index is 5.15. The number of ether oxygens (including phenoxy) is 1. The van der Waals surface area contributed by atoms with Crippen molar-refractivity contribution in [1.82, 2.24) is 10.2 Å². The van der Waals surface area contributed by atoms with Gasteiger partial charge in [-0.3, -0.25) is 0 Å². The Kier molecular flexibility index (Phi) is 6.11. The van der Waals surface area contributed by atoms with Crippen molar-refractivity contribution in [2.75, 3.05) is 46.4 Å². The van der Waals surface area contributed by atoms with Gasteiger partial charge in [-0.2, -0.15) is 0 Å². The third-order valence-electron chi connectivity index (χ3n) is 4.93. The molecule has 2 fully saturated rings. The van der Waals surface area contributed by atoms with Gasteiger partial charge in [-0.15, -0.1) is 0 Å². The van der Waals surface area contributed by atoms with E-state index in [9.17, 15) is 0 Å². The van der Waals surface area contributed by atoms with Crippen LogP contribution in [-0.4, -0.2) is 51.3 Å². The summed E-state index contributed by atoms with van der Waals surface area (Å²) < 4.78 is 5.15. The normalized spacial score (nSPS) is 32.8. The second-order valence-corrected chi connectivity index (χ2v) is 6.85.